The Morgan fingerprint density at radius 1 is 0.963 bits per heavy atom. The van der Waals surface area contributed by atoms with Crippen molar-refractivity contribution < 1.29 is 13.2 Å². The summed E-state index contributed by atoms with van der Waals surface area (Å²) < 4.78 is 26.0. The fourth-order valence-electron chi connectivity index (χ4n) is 3.13. The quantitative estimate of drug-likeness (QED) is 0.700. The summed E-state index contributed by atoms with van der Waals surface area (Å²) in [5.41, 5.74) is 1.11. The maximum absolute atomic E-state index is 12.9. The number of para-hydroxylation sites is 1. The molecule has 0 saturated carbocycles. The summed E-state index contributed by atoms with van der Waals surface area (Å²) in [6.45, 7) is 1.80. The number of fused-ring (bicyclic) bond motifs is 1. The van der Waals surface area contributed by atoms with E-state index in [-0.39, 0.29) is 5.91 Å². The molecule has 0 aromatic heterocycles. The van der Waals surface area contributed by atoms with Gasteiger partial charge in [-0.25, -0.2) is 8.42 Å². The lowest BCUT2D eigenvalue weighted by Crippen LogP contribution is -2.46. The first-order chi connectivity index (χ1) is 12.9. The number of nitrogens with zero attached hydrogens (tertiary/aromatic N) is 1. The van der Waals surface area contributed by atoms with Crippen LogP contribution < -0.4 is 9.62 Å². The van der Waals surface area contributed by atoms with Crippen molar-refractivity contribution in [2.45, 2.75) is 19.4 Å². The van der Waals surface area contributed by atoms with Crippen LogP contribution in [0.1, 0.15) is 13.3 Å². The molecule has 3 rings (SSSR count). The molecule has 1 atom stereocenters. The zero-order valence-corrected chi connectivity index (χ0v) is 16.1. The van der Waals surface area contributed by atoms with Crippen molar-refractivity contribution in [3.63, 3.8) is 0 Å². The third kappa shape index (κ3) is 4.28. The molecule has 0 fully saturated rings. The van der Waals surface area contributed by atoms with Gasteiger partial charge in [0.1, 0.15) is 6.04 Å². The number of hydrogen-bond acceptors (Lipinski definition) is 3. The lowest BCUT2D eigenvalue weighted by molar-refractivity contribution is -0.117. The molecular formula is C21H22N2O3S. The van der Waals surface area contributed by atoms with E-state index in [0.717, 1.165) is 17.0 Å². The Hall–Kier alpha value is -2.86. The van der Waals surface area contributed by atoms with Crippen molar-refractivity contribution in [3.8, 4) is 0 Å². The van der Waals surface area contributed by atoms with Gasteiger partial charge in [0.15, 0.2) is 0 Å². The average molecular weight is 382 g/mol. The van der Waals surface area contributed by atoms with Crippen LogP contribution >= 0.6 is 0 Å². The molecule has 140 valence electrons. The first kappa shape index (κ1) is 18.9. The van der Waals surface area contributed by atoms with Gasteiger partial charge in [-0.15, -0.1) is 0 Å². The molecule has 0 unspecified atom stereocenters. The van der Waals surface area contributed by atoms with Crippen LogP contribution in [0.3, 0.4) is 0 Å². The number of amides is 1. The number of anilines is 2. The predicted molar refractivity (Wildman–Crippen MR) is 110 cm³/mol. The smallest absolute Gasteiger partial charge is 0.248 e. The maximum Gasteiger partial charge on any atom is 0.248 e. The SMILES string of the molecule is CC[C@@H](C(=O)Nc1ccc2ccccc2c1)N(c1ccccc1)S(C)(=O)=O. The summed E-state index contributed by atoms with van der Waals surface area (Å²) in [6.07, 6.45) is 1.47. The van der Waals surface area contributed by atoms with Gasteiger partial charge in [0.05, 0.1) is 11.9 Å². The lowest BCUT2D eigenvalue weighted by atomic mass is 10.1. The van der Waals surface area contributed by atoms with Crippen molar-refractivity contribution in [1.82, 2.24) is 0 Å². The first-order valence-corrected chi connectivity index (χ1v) is 10.6. The highest BCUT2D eigenvalue weighted by atomic mass is 32.2. The molecule has 1 N–H and O–H groups in total. The predicted octanol–water partition coefficient (Wildman–Crippen LogP) is 4.02. The fraction of sp³-hybridized carbons (Fsp3) is 0.190. The molecular weight excluding hydrogens is 360 g/mol. The molecule has 0 bridgehead atoms. The minimum atomic E-state index is -3.63. The number of sulfonamides is 1. The molecule has 0 radical (unpaired) electrons. The van der Waals surface area contributed by atoms with Crippen LogP contribution in [0.15, 0.2) is 72.8 Å². The molecule has 0 aliphatic heterocycles. The number of hydrogen-bond donors (Lipinski definition) is 1. The summed E-state index contributed by atoms with van der Waals surface area (Å²) in [4.78, 5) is 12.9. The largest absolute Gasteiger partial charge is 0.324 e. The number of carbonyl (C=O) groups is 1. The Bertz CT molecular complexity index is 1050. The second-order valence-corrected chi connectivity index (χ2v) is 8.23. The van der Waals surface area contributed by atoms with Crippen molar-refractivity contribution in [3.05, 3.63) is 72.8 Å². The minimum Gasteiger partial charge on any atom is -0.324 e. The van der Waals surface area contributed by atoms with E-state index < -0.39 is 16.1 Å². The van der Waals surface area contributed by atoms with Crippen LogP contribution in [-0.2, 0) is 14.8 Å². The van der Waals surface area contributed by atoms with Gasteiger partial charge in [-0.2, -0.15) is 0 Å². The summed E-state index contributed by atoms with van der Waals surface area (Å²) in [7, 11) is -3.63. The highest BCUT2D eigenvalue weighted by molar-refractivity contribution is 7.92. The topological polar surface area (TPSA) is 66.5 Å². The van der Waals surface area contributed by atoms with Gasteiger partial charge in [-0.05, 0) is 41.5 Å². The van der Waals surface area contributed by atoms with E-state index in [9.17, 15) is 13.2 Å². The van der Waals surface area contributed by atoms with Crippen LogP contribution in [0.5, 0.6) is 0 Å². The zero-order valence-electron chi connectivity index (χ0n) is 15.3. The van der Waals surface area contributed by atoms with Crippen molar-refractivity contribution in [1.29, 1.82) is 0 Å². The molecule has 3 aromatic rings. The summed E-state index contributed by atoms with van der Waals surface area (Å²) in [6, 6.07) is 21.3. The lowest BCUT2D eigenvalue weighted by Gasteiger charge is -2.30. The summed E-state index contributed by atoms with van der Waals surface area (Å²) in [5, 5.41) is 4.94. The second-order valence-electron chi connectivity index (χ2n) is 6.37. The average Bonchev–Trinajstić information content (AvgIpc) is 2.65. The number of carbonyl (C=O) groups excluding carboxylic acids is 1. The van der Waals surface area contributed by atoms with Gasteiger partial charge < -0.3 is 5.32 Å². The molecule has 0 spiro atoms. The van der Waals surface area contributed by atoms with E-state index in [0.29, 0.717) is 17.8 Å². The Labute approximate surface area is 159 Å². The maximum atomic E-state index is 12.9. The summed E-state index contributed by atoms with van der Waals surface area (Å²) in [5.74, 6) is -0.359. The fourth-order valence-corrected chi connectivity index (χ4v) is 4.34. The Kier molecular flexibility index (Phi) is 5.46. The molecule has 0 heterocycles. The molecule has 0 aliphatic rings. The molecule has 5 nitrogen and oxygen atoms in total. The monoisotopic (exact) mass is 382 g/mol. The van der Waals surface area contributed by atoms with Crippen LogP contribution in [0.25, 0.3) is 10.8 Å². The Morgan fingerprint density at radius 2 is 1.59 bits per heavy atom. The van der Waals surface area contributed by atoms with Gasteiger partial charge in [-0.1, -0.05) is 55.5 Å². The number of benzene rings is 3. The normalized spacial score (nSPS) is 12.5. The molecule has 1 amide bonds. The van der Waals surface area contributed by atoms with E-state index in [1.54, 1.807) is 37.3 Å². The molecule has 6 heteroatoms. The van der Waals surface area contributed by atoms with E-state index in [1.807, 2.05) is 42.5 Å². The van der Waals surface area contributed by atoms with Gasteiger partial charge >= 0.3 is 0 Å². The second kappa shape index (κ2) is 7.80. The molecule has 27 heavy (non-hydrogen) atoms. The molecule has 3 aromatic carbocycles. The van der Waals surface area contributed by atoms with Gasteiger partial charge in [-0.3, -0.25) is 9.10 Å². The van der Waals surface area contributed by atoms with E-state index in [4.69, 9.17) is 0 Å². The van der Waals surface area contributed by atoms with Crippen molar-refractivity contribution in [2.24, 2.45) is 0 Å². The number of rotatable bonds is 6. The highest BCUT2D eigenvalue weighted by Gasteiger charge is 2.31. The molecule has 0 saturated heterocycles. The van der Waals surface area contributed by atoms with Crippen LogP contribution in [0.2, 0.25) is 0 Å². The third-order valence-electron chi connectivity index (χ3n) is 4.36. The van der Waals surface area contributed by atoms with Crippen molar-refractivity contribution in [2.75, 3.05) is 15.9 Å². The van der Waals surface area contributed by atoms with Crippen molar-refractivity contribution >= 4 is 38.1 Å². The third-order valence-corrected chi connectivity index (χ3v) is 5.54. The minimum absolute atomic E-state index is 0.349. The van der Waals surface area contributed by atoms with Crippen LogP contribution in [-0.4, -0.2) is 26.6 Å². The number of nitrogens with one attached hydrogen (secondary N) is 1. The summed E-state index contributed by atoms with van der Waals surface area (Å²) >= 11 is 0. The van der Waals surface area contributed by atoms with E-state index >= 15 is 0 Å². The molecule has 0 aliphatic carbocycles. The zero-order chi connectivity index (χ0) is 19.4. The Morgan fingerprint density at radius 3 is 2.22 bits per heavy atom. The highest BCUT2D eigenvalue weighted by Crippen LogP contribution is 2.24. The van der Waals surface area contributed by atoms with E-state index in [2.05, 4.69) is 5.32 Å². The van der Waals surface area contributed by atoms with E-state index in [1.165, 1.54) is 4.31 Å². The standard InChI is InChI=1S/C21H22N2O3S/c1-3-20(23(27(2,25)26)19-11-5-4-6-12-19)21(24)22-18-14-13-16-9-7-8-10-17(16)15-18/h4-15,20H,3H2,1-2H3,(H,22,24)/t20-/m0/s1. The first-order valence-electron chi connectivity index (χ1n) is 8.74. The Balaban J connectivity index is 1.91. The van der Waals surface area contributed by atoms with Crippen LogP contribution in [0, 0.1) is 0 Å². The van der Waals surface area contributed by atoms with Gasteiger partial charge in [0.25, 0.3) is 0 Å². The van der Waals surface area contributed by atoms with Crippen LogP contribution in [0.4, 0.5) is 11.4 Å². The van der Waals surface area contributed by atoms with Gasteiger partial charge in [0.2, 0.25) is 15.9 Å². The van der Waals surface area contributed by atoms with Gasteiger partial charge in [0, 0.05) is 5.69 Å².